The molecule has 0 bridgehead atoms. The topological polar surface area (TPSA) is 231 Å². The van der Waals surface area contributed by atoms with Crippen LogP contribution in [0, 0.1) is 0 Å². The minimum Gasteiger partial charge on any atom is -0.463 e. The summed E-state index contributed by atoms with van der Waals surface area (Å²) in [5.74, 6) is -1.60. The number of phosphoric acid groups is 2. The highest BCUT2D eigenvalue weighted by atomic mass is 31.2. The van der Waals surface area contributed by atoms with E-state index >= 15 is 0 Å². The summed E-state index contributed by atoms with van der Waals surface area (Å²) in [6.45, 7) is 2.52. The molecule has 0 rings (SSSR count). The number of esters is 3. The zero-order chi connectivity index (χ0) is 85.1. The molecule has 0 aromatic carbocycles. The normalized spacial score (nSPS) is 14.6. The van der Waals surface area contributed by atoms with Crippen LogP contribution >= 0.6 is 15.6 Å². The first-order valence-corrected chi connectivity index (χ1v) is 49.4. The summed E-state index contributed by atoms with van der Waals surface area (Å²) in [7, 11) is -9.82. The number of aliphatic hydroxyl groups excluding tert-OH is 2. The summed E-state index contributed by atoms with van der Waals surface area (Å²) < 4.78 is 61.5. The van der Waals surface area contributed by atoms with Gasteiger partial charge in [-0.2, -0.15) is 0 Å². The van der Waals surface area contributed by atoms with Gasteiger partial charge in [-0.05, 0) is 161 Å². The number of hydrogen-bond donors (Lipinski definition) is 4. The Hall–Kier alpha value is -5.09. The average Bonchev–Trinajstić information content (AvgIpc) is 0.924. The van der Waals surface area contributed by atoms with Crippen molar-refractivity contribution in [3.63, 3.8) is 0 Å². The Kier molecular flexibility index (Phi) is 86.2. The fraction of sp³-hybridized carbons (Fsp3) is 0.687. The van der Waals surface area contributed by atoms with Crippen molar-refractivity contribution in [1.82, 2.24) is 0 Å². The maximum atomic E-state index is 13.1. The van der Waals surface area contributed by atoms with Gasteiger partial charge in [-0.3, -0.25) is 32.5 Å². The van der Waals surface area contributed by atoms with E-state index in [1.165, 1.54) is 141 Å². The van der Waals surface area contributed by atoms with Crippen molar-refractivity contribution < 1.29 is 75.8 Å². The molecule has 18 heteroatoms. The van der Waals surface area contributed by atoms with E-state index in [1.54, 1.807) is 0 Å². The number of unbranched alkanes of at least 4 members (excludes halogenated alkanes) is 36. The second-order valence-electron chi connectivity index (χ2n) is 30.7. The highest BCUT2D eigenvalue weighted by Gasteiger charge is 2.29. The molecule has 117 heavy (non-hydrogen) atoms. The van der Waals surface area contributed by atoms with Crippen molar-refractivity contribution in [2.24, 2.45) is 0 Å². The smallest absolute Gasteiger partial charge is 0.463 e. The predicted octanol–water partition coefficient (Wildman–Crippen LogP) is 28.7. The highest BCUT2D eigenvalue weighted by molar-refractivity contribution is 7.47. The quantitative estimate of drug-likeness (QED) is 0.0146. The van der Waals surface area contributed by atoms with Gasteiger partial charge in [0, 0.05) is 19.3 Å². The molecular weight excluding hydrogens is 1510 g/mol. The van der Waals surface area contributed by atoms with Gasteiger partial charge in [-0.25, -0.2) is 9.13 Å². The molecule has 0 aromatic heterocycles. The van der Waals surface area contributed by atoms with E-state index in [1.807, 2.05) is 0 Å². The van der Waals surface area contributed by atoms with Crippen molar-refractivity contribution in [3.05, 3.63) is 170 Å². The number of rotatable bonds is 87. The number of phosphoric ester groups is 2. The van der Waals surface area contributed by atoms with Crippen LogP contribution in [0.25, 0.3) is 0 Å². The van der Waals surface area contributed by atoms with Crippen molar-refractivity contribution in [3.8, 4) is 0 Å². The molecule has 4 N–H and O–H groups in total. The van der Waals surface area contributed by atoms with Crippen molar-refractivity contribution >= 4 is 33.6 Å². The van der Waals surface area contributed by atoms with Crippen LogP contribution in [0.15, 0.2) is 170 Å². The molecule has 0 heterocycles. The first-order chi connectivity index (χ1) is 57.2. The second-order valence-corrected chi connectivity index (χ2v) is 33.6. The summed E-state index contributed by atoms with van der Waals surface area (Å²) in [6.07, 6.45) is 117. The van der Waals surface area contributed by atoms with Crippen LogP contribution < -0.4 is 0 Å². The van der Waals surface area contributed by atoms with Gasteiger partial charge in [0.15, 0.2) is 6.10 Å². The first-order valence-electron chi connectivity index (χ1n) is 46.4. The van der Waals surface area contributed by atoms with E-state index in [4.69, 9.17) is 32.3 Å². The molecule has 0 aliphatic carbocycles. The molecule has 0 fully saturated rings. The third-order valence-electron chi connectivity index (χ3n) is 19.4. The third kappa shape index (κ3) is 91.5. The molecule has 0 saturated carbocycles. The minimum atomic E-state index is -4.95. The van der Waals surface area contributed by atoms with Crippen LogP contribution in [-0.2, 0) is 55.8 Å². The molecule has 5 atom stereocenters. The number of allylic oxidation sites excluding steroid dienone is 28. The summed E-state index contributed by atoms with van der Waals surface area (Å²) in [4.78, 5) is 59.0. The number of carbonyl (C=O) groups is 3. The molecule has 0 spiro atoms. The summed E-state index contributed by atoms with van der Waals surface area (Å²) in [5.41, 5.74) is 0. The average molecular weight is 1680 g/mol. The van der Waals surface area contributed by atoms with Gasteiger partial charge < -0.3 is 34.2 Å². The van der Waals surface area contributed by atoms with Crippen LogP contribution in [0.5, 0.6) is 0 Å². The Morgan fingerprint density at radius 3 is 0.718 bits per heavy atom. The SMILES string of the molecule is CC/C=C\C/C=C\C/C=C\C/C=C\C/C=C\C/C=C\CCCCCCCCC(=O)OCC(COP(=O)(O)OCC(O)COP(=O)(O)OCC(O)COC(=O)CCCCCCCCCCCCCCCCCCC/C=C\C/C=C\C/C=C\C/C=C\CCCCC)OC(=O)CCCCCCCCC/C=C\C/C=C\C/C=C\C/C=C\CCCCC. The molecule has 0 aliphatic heterocycles. The molecule has 0 saturated heterocycles. The zero-order valence-electron chi connectivity index (χ0n) is 73.8. The summed E-state index contributed by atoms with van der Waals surface area (Å²) >= 11 is 0. The molecule has 0 radical (unpaired) electrons. The van der Waals surface area contributed by atoms with Gasteiger partial charge >= 0.3 is 33.6 Å². The molecule has 0 amide bonds. The van der Waals surface area contributed by atoms with Crippen LogP contribution in [0.3, 0.4) is 0 Å². The van der Waals surface area contributed by atoms with Crippen LogP contribution in [0.4, 0.5) is 0 Å². The lowest BCUT2D eigenvalue weighted by atomic mass is 10.0. The largest absolute Gasteiger partial charge is 0.472 e. The monoisotopic (exact) mass is 1680 g/mol. The molecule has 5 unspecified atom stereocenters. The van der Waals surface area contributed by atoms with Crippen LogP contribution in [0.1, 0.15) is 380 Å². The van der Waals surface area contributed by atoms with E-state index in [9.17, 15) is 43.5 Å². The maximum absolute atomic E-state index is 13.1. The molecule has 16 nitrogen and oxygen atoms in total. The molecule has 0 aliphatic rings. The summed E-state index contributed by atoms with van der Waals surface area (Å²) in [6, 6.07) is 0. The Balaban J connectivity index is 4.61. The lowest BCUT2D eigenvalue weighted by Crippen LogP contribution is -2.30. The first kappa shape index (κ1) is 112. The number of ether oxygens (including phenoxy) is 3. The Labute approximate surface area is 713 Å². The van der Waals surface area contributed by atoms with Gasteiger partial charge in [-0.1, -0.05) is 371 Å². The summed E-state index contributed by atoms with van der Waals surface area (Å²) in [5, 5.41) is 20.7. The van der Waals surface area contributed by atoms with Gasteiger partial charge in [-0.15, -0.1) is 0 Å². The van der Waals surface area contributed by atoms with Gasteiger partial charge in [0.1, 0.15) is 25.4 Å². The fourth-order valence-electron chi connectivity index (χ4n) is 12.4. The Bertz CT molecular complexity index is 2810. The predicted molar refractivity (Wildman–Crippen MR) is 491 cm³/mol. The second kappa shape index (κ2) is 90.2. The Morgan fingerprint density at radius 1 is 0.248 bits per heavy atom. The van der Waals surface area contributed by atoms with Gasteiger partial charge in [0.25, 0.3) is 0 Å². The lowest BCUT2D eigenvalue weighted by molar-refractivity contribution is -0.161. The van der Waals surface area contributed by atoms with Crippen LogP contribution in [-0.4, -0.2) is 95.9 Å². The standard InChI is InChI=1S/C99H168O16P2/c1-4-7-10-13-16-19-22-25-28-31-34-37-40-42-43-44-45-46-47-48-49-51-54-55-58-61-64-67-70-73-76-79-82-85-97(102)109-88-94(100)89-111-116(105,106)112-90-95(101)91-113-117(107,108)114-93-96(115-99(104)87-84-81-78-75-72-69-66-63-60-57-52-39-36-33-30-27-24-21-18-15-12-9-6-3)92-110-98(103)86-83-80-77-74-71-68-65-62-59-56-53-50-41-38-35-32-29-26-23-20-17-14-11-8-5-2/h8,11,16-21,25-30,34-39,42-43,50,53,57,59-60,62,94-96,100-101H,4-7,9-10,12-15,22-24,31-33,40-41,44-49,51-52,54-56,58,61,63-93H2,1-3H3,(H,105,106)(H,107,108)/b11-8-,19-16-,20-17-,21-18-,28-25-,29-26-,30-27-,37-34-,38-35-,39-36-,43-42-,53-50-,60-57-,62-59-. The van der Waals surface area contributed by atoms with E-state index in [0.29, 0.717) is 19.3 Å². The lowest BCUT2D eigenvalue weighted by Gasteiger charge is -2.21. The van der Waals surface area contributed by atoms with Crippen LogP contribution in [0.2, 0.25) is 0 Å². The van der Waals surface area contributed by atoms with Gasteiger partial charge in [0.05, 0.1) is 26.4 Å². The number of aliphatic hydroxyl groups is 2. The third-order valence-corrected chi connectivity index (χ3v) is 21.3. The number of hydrogen-bond acceptors (Lipinski definition) is 14. The van der Waals surface area contributed by atoms with E-state index in [-0.39, 0.29) is 19.3 Å². The minimum absolute atomic E-state index is 0.0833. The fourth-order valence-corrected chi connectivity index (χ4v) is 14.0. The van der Waals surface area contributed by atoms with E-state index in [0.717, 1.165) is 180 Å². The molecule has 0 aromatic rings. The van der Waals surface area contributed by atoms with Crippen molar-refractivity contribution in [1.29, 1.82) is 0 Å². The molecular formula is C99H168O16P2. The van der Waals surface area contributed by atoms with E-state index < -0.39 is 91.5 Å². The van der Waals surface area contributed by atoms with Crippen molar-refractivity contribution in [2.75, 3.05) is 39.6 Å². The maximum Gasteiger partial charge on any atom is 0.472 e. The highest BCUT2D eigenvalue weighted by Crippen LogP contribution is 2.45. The Morgan fingerprint density at radius 2 is 0.453 bits per heavy atom. The molecule has 670 valence electrons. The zero-order valence-corrected chi connectivity index (χ0v) is 75.6. The number of carbonyl (C=O) groups excluding carboxylic acids is 3. The van der Waals surface area contributed by atoms with Crippen molar-refractivity contribution in [2.45, 2.75) is 399 Å². The van der Waals surface area contributed by atoms with E-state index in [2.05, 4.69) is 191 Å². The van der Waals surface area contributed by atoms with Gasteiger partial charge in [0.2, 0.25) is 0 Å².